The lowest BCUT2D eigenvalue weighted by atomic mass is 9.79. The Bertz CT molecular complexity index is 360. The molecule has 0 aromatic heterocycles. The average molecular weight is 239 g/mol. The van der Waals surface area contributed by atoms with E-state index >= 15 is 0 Å². The summed E-state index contributed by atoms with van der Waals surface area (Å²) in [6.45, 7) is 6.61. The third kappa shape index (κ3) is 4.46. The standard InChI is InChI=1S/C12H19BFNO2/c1-3-5-15(4-2)9-10-6-11(13(16)17)8-12(14)7-10/h6-8,16-17H,3-5,9H2,1-2H3. The Balaban J connectivity index is 2.82. The Hall–Kier alpha value is -0.905. The molecular weight excluding hydrogens is 220 g/mol. The van der Waals surface area contributed by atoms with Gasteiger partial charge in [0.25, 0.3) is 0 Å². The summed E-state index contributed by atoms with van der Waals surface area (Å²) in [7, 11) is -1.62. The second-order valence-corrected chi connectivity index (χ2v) is 4.14. The highest BCUT2D eigenvalue weighted by atomic mass is 19.1. The van der Waals surface area contributed by atoms with Gasteiger partial charge in [-0.05, 0) is 42.7 Å². The molecule has 0 bridgehead atoms. The van der Waals surface area contributed by atoms with E-state index in [9.17, 15) is 4.39 Å². The molecule has 0 fully saturated rings. The highest BCUT2D eigenvalue weighted by Crippen LogP contribution is 2.07. The van der Waals surface area contributed by atoms with Gasteiger partial charge in [0, 0.05) is 6.54 Å². The molecule has 0 heterocycles. The van der Waals surface area contributed by atoms with Crippen LogP contribution in [0.25, 0.3) is 0 Å². The maximum absolute atomic E-state index is 13.3. The summed E-state index contributed by atoms with van der Waals surface area (Å²) in [4.78, 5) is 2.18. The van der Waals surface area contributed by atoms with Crippen molar-refractivity contribution in [3.63, 3.8) is 0 Å². The first-order valence-electron chi connectivity index (χ1n) is 5.94. The predicted octanol–water partition coefficient (Wildman–Crippen LogP) is 0.737. The average Bonchev–Trinajstić information content (AvgIpc) is 2.27. The zero-order valence-corrected chi connectivity index (χ0v) is 10.4. The molecule has 5 heteroatoms. The van der Waals surface area contributed by atoms with Gasteiger partial charge >= 0.3 is 7.12 Å². The van der Waals surface area contributed by atoms with Crippen LogP contribution in [0.3, 0.4) is 0 Å². The number of nitrogens with zero attached hydrogens (tertiary/aromatic N) is 1. The van der Waals surface area contributed by atoms with Crippen LogP contribution in [0.1, 0.15) is 25.8 Å². The molecule has 1 aromatic rings. The number of rotatable bonds is 6. The van der Waals surface area contributed by atoms with Gasteiger partial charge in [-0.15, -0.1) is 0 Å². The molecule has 0 atom stereocenters. The minimum Gasteiger partial charge on any atom is -0.423 e. The van der Waals surface area contributed by atoms with Gasteiger partial charge in [-0.1, -0.05) is 19.9 Å². The van der Waals surface area contributed by atoms with Crippen molar-refractivity contribution < 1.29 is 14.4 Å². The van der Waals surface area contributed by atoms with Crippen LogP contribution in [0.15, 0.2) is 18.2 Å². The largest absolute Gasteiger partial charge is 0.488 e. The summed E-state index contributed by atoms with van der Waals surface area (Å²) in [6.07, 6.45) is 1.04. The Morgan fingerprint density at radius 1 is 1.24 bits per heavy atom. The molecule has 0 aliphatic carbocycles. The van der Waals surface area contributed by atoms with Crippen LogP contribution in [0.2, 0.25) is 0 Å². The zero-order valence-electron chi connectivity index (χ0n) is 10.4. The number of hydrogen-bond acceptors (Lipinski definition) is 3. The highest BCUT2D eigenvalue weighted by Gasteiger charge is 2.14. The topological polar surface area (TPSA) is 43.7 Å². The summed E-state index contributed by atoms with van der Waals surface area (Å²) in [5.41, 5.74) is 0.968. The van der Waals surface area contributed by atoms with Crippen molar-refractivity contribution in [2.75, 3.05) is 13.1 Å². The molecular formula is C12H19BFNO2. The van der Waals surface area contributed by atoms with E-state index in [1.165, 1.54) is 6.07 Å². The van der Waals surface area contributed by atoms with Crippen molar-refractivity contribution in [1.29, 1.82) is 0 Å². The summed E-state index contributed by atoms with van der Waals surface area (Å²) in [5, 5.41) is 18.1. The van der Waals surface area contributed by atoms with Gasteiger partial charge in [0.1, 0.15) is 5.82 Å². The number of hydrogen-bond donors (Lipinski definition) is 2. The van der Waals surface area contributed by atoms with Crippen LogP contribution in [-0.4, -0.2) is 35.2 Å². The Morgan fingerprint density at radius 3 is 2.47 bits per heavy atom. The lowest BCUT2D eigenvalue weighted by Crippen LogP contribution is -2.31. The van der Waals surface area contributed by atoms with E-state index in [1.807, 2.05) is 0 Å². The maximum Gasteiger partial charge on any atom is 0.488 e. The smallest absolute Gasteiger partial charge is 0.423 e. The van der Waals surface area contributed by atoms with Crippen molar-refractivity contribution >= 4 is 12.6 Å². The Morgan fingerprint density at radius 2 is 1.94 bits per heavy atom. The molecule has 0 saturated heterocycles. The van der Waals surface area contributed by atoms with Gasteiger partial charge < -0.3 is 10.0 Å². The fraction of sp³-hybridized carbons (Fsp3) is 0.500. The number of benzene rings is 1. The van der Waals surface area contributed by atoms with Crippen molar-refractivity contribution in [3.8, 4) is 0 Å². The molecule has 17 heavy (non-hydrogen) atoms. The fourth-order valence-corrected chi connectivity index (χ4v) is 1.84. The van der Waals surface area contributed by atoms with Crippen LogP contribution < -0.4 is 5.46 Å². The van der Waals surface area contributed by atoms with E-state index in [4.69, 9.17) is 10.0 Å². The first-order chi connectivity index (χ1) is 8.06. The monoisotopic (exact) mass is 239 g/mol. The molecule has 0 radical (unpaired) electrons. The summed E-state index contributed by atoms with van der Waals surface area (Å²) in [5.74, 6) is -0.432. The zero-order chi connectivity index (χ0) is 12.8. The van der Waals surface area contributed by atoms with E-state index in [2.05, 4.69) is 18.7 Å². The molecule has 0 spiro atoms. The van der Waals surface area contributed by atoms with Crippen LogP contribution in [0.4, 0.5) is 4.39 Å². The molecule has 0 aliphatic rings. The molecule has 1 rings (SSSR count). The lowest BCUT2D eigenvalue weighted by molar-refractivity contribution is 0.280. The minimum absolute atomic E-state index is 0.201. The summed E-state index contributed by atoms with van der Waals surface area (Å²) in [6, 6.07) is 4.21. The molecule has 0 aliphatic heterocycles. The van der Waals surface area contributed by atoms with Crippen LogP contribution >= 0.6 is 0 Å². The van der Waals surface area contributed by atoms with Crippen LogP contribution in [0, 0.1) is 5.82 Å². The highest BCUT2D eigenvalue weighted by molar-refractivity contribution is 6.58. The van der Waals surface area contributed by atoms with Crippen molar-refractivity contribution in [2.45, 2.75) is 26.8 Å². The quantitative estimate of drug-likeness (QED) is 0.719. The normalized spacial score (nSPS) is 10.9. The van der Waals surface area contributed by atoms with Crippen LogP contribution in [-0.2, 0) is 6.54 Å². The first kappa shape index (κ1) is 14.2. The Labute approximate surface area is 102 Å². The lowest BCUT2D eigenvalue weighted by Gasteiger charge is -2.20. The third-order valence-corrected chi connectivity index (χ3v) is 2.67. The Kier molecular flexibility index (Phi) is 5.61. The van der Waals surface area contributed by atoms with E-state index in [0.717, 1.165) is 31.1 Å². The molecule has 2 N–H and O–H groups in total. The molecule has 0 unspecified atom stereocenters. The number of halogens is 1. The molecule has 3 nitrogen and oxygen atoms in total. The predicted molar refractivity (Wildman–Crippen MR) is 67.5 cm³/mol. The van der Waals surface area contributed by atoms with Gasteiger partial charge in [-0.2, -0.15) is 0 Å². The second-order valence-electron chi connectivity index (χ2n) is 4.14. The van der Waals surface area contributed by atoms with Crippen molar-refractivity contribution in [2.24, 2.45) is 0 Å². The second kappa shape index (κ2) is 6.74. The molecule has 1 aromatic carbocycles. The molecule has 0 saturated carbocycles. The van der Waals surface area contributed by atoms with Gasteiger partial charge in [0.2, 0.25) is 0 Å². The van der Waals surface area contributed by atoms with Gasteiger partial charge in [0.15, 0.2) is 0 Å². The van der Waals surface area contributed by atoms with Gasteiger partial charge in [-0.3, -0.25) is 4.90 Å². The summed E-state index contributed by atoms with van der Waals surface area (Å²) < 4.78 is 13.3. The fourth-order valence-electron chi connectivity index (χ4n) is 1.84. The minimum atomic E-state index is -1.62. The van der Waals surface area contributed by atoms with Crippen molar-refractivity contribution in [1.82, 2.24) is 4.90 Å². The SMILES string of the molecule is CCCN(CC)Cc1cc(F)cc(B(O)O)c1. The summed E-state index contributed by atoms with van der Waals surface area (Å²) >= 11 is 0. The van der Waals surface area contributed by atoms with Gasteiger partial charge in [-0.25, -0.2) is 4.39 Å². The van der Waals surface area contributed by atoms with Crippen molar-refractivity contribution in [3.05, 3.63) is 29.6 Å². The molecule has 94 valence electrons. The van der Waals surface area contributed by atoms with E-state index in [-0.39, 0.29) is 5.46 Å². The van der Waals surface area contributed by atoms with Crippen LogP contribution in [0.5, 0.6) is 0 Å². The van der Waals surface area contributed by atoms with E-state index in [1.54, 1.807) is 6.07 Å². The van der Waals surface area contributed by atoms with E-state index < -0.39 is 12.9 Å². The molecule has 0 amide bonds. The van der Waals surface area contributed by atoms with E-state index in [0.29, 0.717) is 6.54 Å². The third-order valence-electron chi connectivity index (χ3n) is 2.67. The maximum atomic E-state index is 13.3. The first-order valence-corrected chi connectivity index (χ1v) is 5.94. The van der Waals surface area contributed by atoms with Gasteiger partial charge in [0.05, 0.1) is 0 Å².